The molecule has 0 saturated carbocycles. The SMILES string of the molecule is CCC(=O)N1CCc2nc3c(-c4ccc(-c5ccccc5)nc4)cnn3c(N)c2C1. The lowest BCUT2D eigenvalue weighted by molar-refractivity contribution is -0.131. The molecule has 1 aliphatic rings. The highest BCUT2D eigenvalue weighted by Gasteiger charge is 2.25. The Balaban J connectivity index is 1.53. The number of benzene rings is 1. The number of nitrogens with two attached hydrogens (primary N) is 1. The molecule has 4 aromatic rings. The van der Waals surface area contributed by atoms with E-state index in [4.69, 9.17) is 10.7 Å². The molecule has 7 nitrogen and oxygen atoms in total. The number of aromatic nitrogens is 4. The zero-order chi connectivity index (χ0) is 20.7. The largest absolute Gasteiger partial charge is 0.383 e. The first-order chi connectivity index (χ1) is 14.7. The van der Waals surface area contributed by atoms with Gasteiger partial charge in [0.15, 0.2) is 5.65 Å². The average Bonchev–Trinajstić information content (AvgIpc) is 3.23. The maximum atomic E-state index is 12.1. The molecule has 0 bridgehead atoms. The van der Waals surface area contributed by atoms with Gasteiger partial charge in [-0.1, -0.05) is 43.3 Å². The van der Waals surface area contributed by atoms with Crippen molar-refractivity contribution in [3.8, 4) is 22.4 Å². The topological polar surface area (TPSA) is 89.4 Å². The summed E-state index contributed by atoms with van der Waals surface area (Å²) in [4.78, 5) is 23.4. The van der Waals surface area contributed by atoms with E-state index in [1.807, 2.05) is 60.5 Å². The summed E-state index contributed by atoms with van der Waals surface area (Å²) in [6.45, 7) is 3.03. The summed E-state index contributed by atoms with van der Waals surface area (Å²) in [5.41, 5.74) is 12.8. The quantitative estimate of drug-likeness (QED) is 0.572. The van der Waals surface area contributed by atoms with Gasteiger partial charge in [0.05, 0.1) is 24.1 Å². The number of amides is 1. The summed E-state index contributed by atoms with van der Waals surface area (Å²) in [5, 5.41) is 4.47. The van der Waals surface area contributed by atoms with Gasteiger partial charge in [-0.25, -0.2) is 4.98 Å². The predicted octanol–water partition coefficient (Wildman–Crippen LogP) is 3.34. The van der Waals surface area contributed by atoms with Crippen LogP contribution in [0.3, 0.4) is 0 Å². The first kappa shape index (κ1) is 18.3. The van der Waals surface area contributed by atoms with Gasteiger partial charge in [0, 0.05) is 47.8 Å². The van der Waals surface area contributed by atoms with E-state index in [1.165, 1.54) is 0 Å². The van der Waals surface area contributed by atoms with Crippen molar-refractivity contribution in [1.29, 1.82) is 0 Å². The van der Waals surface area contributed by atoms with Crippen molar-refractivity contribution in [3.63, 3.8) is 0 Å². The zero-order valence-corrected chi connectivity index (χ0v) is 16.7. The molecule has 7 heteroatoms. The molecule has 0 spiro atoms. The van der Waals surface area contributed by atoms with Crippen LogP contribution in [-0.4, -0.2) is 36.9 Å². The third-order valence-corrected chi connectivity index (χ3v) is 5.64. The fourth-order valence-electron chi connectivity index (χ4n) is 3.96. The number of hydrogen-bond acceptors (Lipinski definition) is 5. The number of anilines is 1. The van der Waals surface area contributed by atoms with Gasteiger partial charge < -0.3 is 10.6 Å². The third-order valence-electron chi connectivity index (χ3n) is 5.64. The van der Waals surface area contributed by atoms with Crippen molar-refractivity contribution in [2.45, 2.75) is 26.3 Å². The molecule has 150 valence electrons. The van der Waals surface area contributed by atoms with Crippen LogP contribution in [0.15, 0.2) is 54.9 Å². The Morgan fingerprint density at radius 1 is 1.10 bits per heavy atom. The summed E-state index contributed by atoms with van der Waals surface area (Å²) < 4.78 is 1.67. The Kier molecular flexibility index (Phi) is 4.43. The molecule has 0 radical (unpaired) electrons. The fourth-order valence-corrected chi connectivity index (χ4v) is 3.96. The highest BCUT2D eigenvalue weighted by Crippen LogP contribution is 2.30. The highest BCUT2D eigenvalue weighted by atomic mass is 16.2. The van der Waals surface area contributed by atoms with Crippen LogP contribution in [0.4, 0.5) is 5.82 Å². The number of carbonyl (C=O) groups is 1. The minimum atomic E-state index is 0.130. The first-order valence-electron chi connectivity index (χ1n) is 10.1. The molecule has 3 aromatic heterocycles. The standard InChI is InChI=1S/C23H22N6O/c1-2-21(30)28-11-10-20-18(14-28)22(24)29-23(27-20)17(13-26-29)16-8-9-19(25-12-16)15-6-4-3-5-7-15/h3-9,12-13H,2,10-11,14,24H2,1H3. The smallest absolute Gasteiger partial charge is 0.222 e. The van der Waals surface area contributed by atoms with Gasteiger partial charge in [-0.15, -0.1) is 0 Å². The molecular formula is C23H22N6O. The van der Waals surface area contributed by atoms with Crippen LogP contribution in [0, 0.1) is 0 Å². The molecule has 30 heavy (non-hydrogen) atoms. The highest BCUT2D eigenvalue weighted by molar-refractivity contribution is 5.80. The summed E-state index contributed by atoms with van der Waals surface area (Å²) in [5.74, 6) is 0.676. The van der Waals surface area contributed by atoms with Crippen LogP contribution in [0.25, 0.3) is 28.0 Å². The van der Waals surface area contributed by atoms with Crippen LogP contribution < -0.4 is 5.73 Å². The number of nitrogens with zero attached hydrogens (tertiary/aromatic N) is 5. The van der Waals surface area contributed by atoms with Crippen LogP contribution in [0.1, 0.15) is 24.6 Å². The Bertz CT molecular complexity index is 1230. The molecule has 0 fully saturated rings. The minimum absolute atomic E-state index is 0.130. The van der Waals surface area contributed by atoms with Gasteiger partial charge >= 0.3 is 0 Å². The van der Waals surface area contributed by atoms with E-state index >= 15 is 0 Å². The van der Waals surface area contributed by atoms with Crippen molar-refractivity contribution < 1.29 is 4.79 Å². The van der Waals surface area contributed by atoms with E-state index in [1.54, 1.807) is 10.7 Å². The lowest BCUT2D eigenvalue weighted by atomic mass is 10.0. The molecule has 0 aliphatic carbocycles. The summed E-state index contributed by atoms with van der Waals surface area (Å²) in [6, 6.07) is 14.1. The molecule has 5 rings (SSSR count). The van der Waals surface area contributed by atoms with E-state index in [0.717, 1.165) is 39.3 Å². The zero-order valence-electron chi connectivity index (χ0n) is 16.7. The average molecular weight is 398 g/mol. The van der Waals surface area contributed by atoms with E-state index in [9.17, 15) is 4.79 Å². The van der Waals surface area contributed by atoms with Crippen LogP contribution in [0.2, 0.25) is 0 Å². The third kappa shape index (κ3) is 2.99. The van der Waals surface area contributed by atoms with Crippen molar-refractivity contribution in [2.24, 2.45) is 0 Å². The summed E-state index contributed by atoms with van der Waals surface area (Å²) in [6.07, 6.45) is 4.80. The van der Waals surface area contributed by atoms with Crippen LogP contribution in [0.5, 0.6) is 0 Å². The van der Waals surface area contributed by atoms with E-state index in [-0.39, 0.29) is 5.91 Å². The second-order valence-corrected chi connectivity index (χ2v) is 7.43. The summed E-state index contributed by atoms with van der Waals surface area (Å²) >= 11 is 0. The van der Waals surface area contributed by atoms with Gasteiger partial charge in [-0.05, 0) is 6.07 Å². The molecule has 0 unspecified atom stereocenters. The number of pyridine rings is 1. The number of fused-ring (bicyclic) bond motifs is 2. The maximum Gasteiger partial charge on any atom is 0.222 e. The number of hydrogen-bond donors (Lipinski definition) is 1. The number of nitrogen functional groups attached to an aromatic ring is 1. The molecule has 2 N–H and O–H groups in total. The van der Waals surface area contributed by atoms with Crippen molar-refractivity contribution in [2.75, 3.05) is 12.3 Å². The normalized spacial score (nSPS) is 13.4. The molecule has 1 aliphatic heterocycles. The molecule has 1 amide bonds. The molecule has 4 heterocycles. The van der Waals surface area contributed by atoms with Gasteiger partial charge in [-0.3, -0.25) is 9.78 Å². The van der Waals surface area contributed by atoms with Crippen molar-refractivity contribution >= 4 is 17.4 Å². The second kappa shape index (κ2) is 7.26. The monoisotopic (exact) mass is 398 g/mol. The van der Waals surface area contributed by atoms with E-state index < -0.39 is 0 Å². The number of carbonyl (C=O) groups excluding carboxylic acids is 1. The van der Waals surface area contributed by atoms with Crippen LogP contribution in [-0.2, 0) is 17.8 Å². The molecule has 1 aromatic carbocycles. The molecular weight excluding hydrogens is 376 g/mol. The second-order valence-electron chi connectivity index (χ2n) is 7.43. The summed E-state index contributed by atoms with van der Waals surface area (Å²) in [7, 11) is 0. The lowest BCUT2D eigenvalue weighted by Gasteiger charge is -2.29. The van der Waals surface area contributed by atoms with Crippen LogP contribution >= 0.6 is 0 Å². The Labute approximate surface area is 174 Å². The van der Waals surface area contributed by atoms with E-state index in [2.05, 4.69) is 10.1 Å². The Morgan fingerprint density at radius 2 is 1.93 bits per heavy atom. The van der Waals surface area contributed by atoms with Crippen molar-refractivity contribution in [3.05, 3.63) is 66.1 Å². The number of rotatable bonds is 3. The van der Waals surface area contributed by atoms with Gasteiger partial charge in [0.1, 0.15) is 5.82 Å². The maximum absolute atomic E-state index is 12.1. The Morgan fingerprint density at radius 3 is 2.67 bits per heavy atom. The fraction of sp³-hybridized carbons (Fsp3) is 0.217. The molecule has 0 saturated heterocycles. The lowest BCUT2D eigenvalue weighted by Crippen LogP contribution is -2.36. The first-order valence-corrected chi connectivity index (χ1v) is 10.1. The Hall–Kier alpha value is -3.74. The van der Waals surface area contributed by atoms with Gasteiger partial charge in [0.2, 0.25) is 5.91 Å². The van der Waals surface area contributed by atoms with Crippen molar-refractivity contribution in [1.82, 2.24) is 24.5 Å². The van der Waals surface area contributed by atoms with Gasteiger partial charge in [-0.2, -0.15) is 9.61 Å². The van der Waals surface area contributed by atoms with E-state index in [0.29, 0.717) is 31.7 Å². The predicted molar refractivity (Wildman–Crippen MR) is 115 cm³/mol. The molecule has 0 atom stereocenters. The minimum Gasteiger partial charge on any atom is -0.383 e. The van der Waals surface area contributed by atoms with Gasteiger partial charge in [0.25, 0.3) is 0 Å².